The molecule has 134 valence electrons. The summed E-state index contributed by atoms with van der Waals surface area (Å²) in [6.07, 6.45) is 0. The fourth-order valence-electron chi connectivity index (χ4n) is 2.45. The summed E-state index contributed by atoms with van der Waals surface area (Å²) in [5.41, 5.74) is 1.35. The average molecular weight is 410 g/mol. The molecule has 0 radical (unpaired) electrons. The molecule has 0 fully saturated rings. The van der Waals surface area contributed by atoms with Crippen molar-refractivity contribution in [2.24, 2.45) is 0 Å². The number of carbonyl (C=O) groups excluding carboxylic acids is 1. The highest BCUT2D eigenvalue weighted by Crippen LogP contribution is 2.27. The van der Waals surface area contributed by atoms with Crippen molar-refractivity contribution in [3.05, 3.63) is 58.3 Å². The van der Waals surface area contributed by atoms with Gasteiger partial charge in [-0.25, -0.2) is 9.18 Å². The quantitative estimate of drug-likeness (QED) is 0.757. The van der Waals surface area contributed by atoms with Gasteiger partial charge >= 0.3 is 6.03 Å². The van der Waals surface area contributed by atoms with Crippen molar-refractivity contribution >= 4 is 27.6 Å². The molecule has 2 N–H and O–H groups in total. The zero-order chi connectivity index (χ0) is 18.4. The van der Waals surface area contributed by atoms with Crippen molar-refractivity contribution in [1.82, 2.24) is 10.2 Å². The number of urea groups is 1. The lowest BCUT2D eigenvalue weighted by atomic mass is 10.1. The van der Waals surface area contributed by atoms with Crippen LogP contribution in [0.4, 0.5) is 14.9 Å². The Morgan fingerprint density at radius 2 is 2.04 bits per heavy atom. The monoisotopic (exact) mass is 409 g/mol. The van der Waals surface area contributed by atoms with Gasteiger partial charge in [-0.2, -0.15) is 0 Å². The zero-order valence-electron chi connectivity index (χ0n) is 14.3. The molecule has 2 amide bonds. The smallest absolute Gasteiger partial charge is 0.319 e. The largest absolute Gasteiger partial charge is 0.495 e. The molecular formula is C18H21BrFN3O2. The number of carbonyl (C=O) groups is 1. The Morgan fingerprint density at radius 1 is 1.28 bits per heavy atom. The van der Waals surface area contributed by atoms with E-state index in [2.05, 4.69) is 26.6 Å². The fourth-order valence-corrected chi connectivity index (χ4v) is 2.81. The van der Waals surface area contributed by atoms with Crippen LogP contribution in [-0.4, -0.2) is 38.7 Å². The molecule has 0 heterocycles. The molecule has 0 aliphatic heterocycles. The summed E-state index contributed by atoms with van der Waals surface area (Å²) in [7, 11) is 5.30. The summed E-state index contributed by atoms with van der Waals surface area (Å²) >= 11 is 3.36. The van der Waals surface area contributed by atoms with E-state index in [0.29, 0.717) is 18.0 Å². The minimum atomic E-state index is -0.361. The lowest BCUT2D eigenvalue weighted by Gasteiger charge is -2.25. The van der Waals surface area contributed by atoms with Gasteiger partial charge < -0.3 is 20.3 Å². The molecule has 0 bridgehead atoms. The third kappa shape index (κ3) is 5.44. The Bertz CT molecular complexity index is 740. The first kappa shape index (κ1) is 19.2. The maximum absolute atomic E-state index is 13.5. The molecule has 0 aliphatic rings. The number of nitrogens with zero attached hydrogens (tertiary/aromatic N) is 1. The minimum Gasteiger partial charge on any atom is -0.495 e. The molecule has 1 atom stereocenters. The van der Waals surface area contributed by atoms with Crippen LogP contribution >= 0.6 is 15.9 Å². The molecule has 0 saturated carbocycles. The van der Waals surface area contributed by atoms with Gasteiger partial charge in [0.1, 0.15) is 11.6 Å². The fraction of sp³-hybridized carbons (Fsp3) is 0.278. The van der Waals surface area contributed by atoms with Crippen LogP contribution in [0.5, 0.6) is 5.75 Å². The molecule has 0 aliphatic carbocycles. The second-order valence-electron chi connectivity index (χ2n) is 5.71. The predicted octanol–water partition coefficient (Wildman–Crippen LogP) is 4.02. The van der Waals surface area contributed by atoms with Crippen molar-refractivity contribution in [3.8, 4) is 5.75 Å². The van der Waals surface area contributed by atoms with Gasteiger partial charge in [0.2, 0.25) is 0 Å². The van der Waals surface area contributed by atoms with E-state index in [1.54, 1.807) is 25.3 Å². The molecule has 0 spiro atoms. The van der Waals surface area contributed by atoms with Crippen LogP contribution in [0.15, 0.2) is 46.9 Å². The number of ether oxygens (including phenoxy) is 1. The SMILES string of the molecule is COc1ccc(Br)cc1NC(=O)NCC(c1cccc(F)c1)N(C)C. The van der Waals surface area contributed by atoms with Crippen LogP contribution in [0.25, 0.3) is 0 Å². The van der Waals surface area contributed by atoms with Crippen molar-refractivity contribution < 1.29 is 13.9 Å². The van der Waals surface area contributed by atoms with Gasteiger partial charge in [0, 0.05) is 11.0 Å². The highest BCUT2D eigenvalue weighted by Gasteiger charge is 2.16. The Kier molecular flexibility index (Phi) is 6.78. The first-order chi connectivity index (χ1) is 11.9. The molecule has 0 aromatic heterocycles. The second-order valence-corrected chi connectivity index (χ2v) is 6.63. The number of hydrogen-bond acceptors (Lipinski definition) is 3. The number of rotatable bonds is 6. The summed E-state index contributed by atoms with van der Waals surface area (Å²) in [6.45, 7) is 0.332. The van der Waals surface area contributed by atoms with Gasteiger partial charge in [-0.3, -0.25) is 0 Å². The number of anilines is 1. The van der Waals surface area contributed by atoms with Crippen LogP contribution in [-0.2, 0) is 0 Å². The van der Waals surface area contributed by atoms with E-state index in [9.17, 15) is 9.18 Å². The summed E-state index contributed by atoms with van der Waals surface area (Å²) < 4.78 is 19.5. The number of amides is 2. The van der Waals surface area contributed by atoms with Crippen molar-refractivity contribution in [2.75, 3.05) is 33.1 Å². The highest BCUT2D eigenvalue weighted by molar-refractivity contribution is 9.10. The zero-order valence-corrected chi connectivity index (χ0v) is 15.9. The van der Waals surface area contributed by atoms with E-state index in [1.807, 2.05) is 31.1 Å². The minimum absolute atomic E-state index is 0.147. The number of hydrogen-bond donors (Lipinski definition) is 2. The van der Waals surface area contributed by atoms with E-state index in [1.165, 1.54) is 12.1 Å². The number of methoxy groups -OCH3 is 1. The van der Waals surface area contributed by atoms with E-state index in [0.717, 1.165) is 10.0 Å². The van der Waals surface area contributed by atoms with Gasteiger partial charge in [-0.1, -0.05) is 28.1 Å². The number of nitrogens with one attached hydrogen (secondary N) is 2. The van der Waals surface area contributed by atoms with E-state index >= 15 is 0 Å². The molecule has 2 rings (SSSR count). The molecule has 0 saturated heterocycles. The third-order valence-corrected chi connectivity index (χ3v) is 4.22. The van der Waals surface area contributed by atoms with Crippen LogP contribution < -0.4 is 15.4 Å². The van der Waals surface area contributed by atoms with Crippen molar-refractivity contribution in [2.45, 2.75) is 6.04 Å². The van der Waals surface area contributed by atoms with Gasteiger partial charge in [0.25, 0.3) is 0 Å². The topological polar surface area (TPSA) is 53.6 Å². The summed E-state index contributed by atoms with van der Waals surface area (Å²) in [5.74, 6) is 0.264. The molecule has 25 heavy (non-hydrogen) atoms. The first-order valence-electron chi connectivity index (χ1n) is 7.71. The number of likely N-dealkylation sites (N-methyl/N-ethyl adjacent to an activating group) is 1. The third-order valence-electron chi connectivity index (χ3n) is 3.72. The summed E-state index contributed by atoms with van der Waals surface area (Å²) in [6, 6.07) is 11.2. The standard InChI is InChI=1S/C18H21BrFN3O2/c1-23(2)16(12-5-4-6-14(20)9-12)11-21-18(24)22-15-10-13(19)7-8-17(15)25-3/h4-10,16H,11H2,1-3H3,(H2,21,22,24). The van der Waals surface area contributed by atoms with Gasteiger partial charge in [-0.05, 0) is 50.0 Å². The van der Waals surface area contributed by atoms with Crippen molar-refractivity contribution in [3.63, 3.8) is 0 Å². The Hall–Kier alpha value is -2.12. The number of halogens is 2. The summed E-state index contributed by atoms with van der Waals surface area (Å²) in [5, 5.41) is 5.58. The highest BCUT2D eigenvalue weighted by atomic mass is 79.9. The first-order valence-corrected chi connectivity index (χ1v) is 8.50. The molecular weight excluding hydrogens is 389 g/mol. The summed E-state index contributed by atoms with van der Waals surface area (Å²) in [4.78, 5) is 14.2. The molecule has 5 nitrogen and oxygen atoms in total. The lowest BCUT2D eigenvalue weighted by Crippen LogP contribution is -2.37. The second kappa shape index (κ2) is 8.82. The average Bonchev–Trinajstić information content (AvgIpc) is 2.55. The van der Waals surface area contributed by atoms with Crippen molar-refractivity contribution in [1.29, 1.82) is 0 Å². The van der Waals surface area contributed by atoms with E-state index in [4.69, 9.17) is 4.74 Å². The van der Waals surface area contributed by atoms with E-state index in [-0.39, 0.29) is 17.9 Å². The van der Waals surface area contributed by atoms with Gasteiger partial charge in [0.05, 0.1) is 18.8 Å². The normalized spacial score (nSPS) is 11.9. The molecule has 2 aromatic rings. The van der Waals surface area contributed by atoms with Gasteiger partial charge in [-0.15, -0.1) is 0 Å². The predicted molar refractivity (Wildman–Crippen MR) is 101 cm³/mol. The van der Waals surface area contributed by atoms with Crippen LogP contribution in [0.3, 0.4) is 0 Å². The molecule has 1 unspecified atom stereocenters. The van der Waals surface area contributed by atoms with Crippen LogP contribution in [0.1, 0.15) is 11.6 Å². The Balaban J connectivity index is 2.03. The molecule has 2 aromatic carbocycles. The van der Waals surface area contributed by atoms with Crippen LogP contribution in [0, 0.1) is 5.82 Å². The van der Waals surface area contributed by atoms with Gasteiger partial charge in [0.15, 0.2) is 0 Å². The Labute approximate surface area is 155 Å². The maximum atomic E-state index is 13.5. The maximum Gasteiger partial charge on any atom is 0.319 e. The number of benzene rings is 2. The lowest BCUT2D eigenvalue weighted by molar-refractivity contribution is 0.243. The van der Waals surface area contributed by atoms with Crippen LogP contribution in [0.2, 0.25) is 0 Å². The Morgan fingerprint density at radius 3 is 2.68 bits per heavy atom. The molecule has 7 heteroatoms. The van der Waals surface area contributed by atoms with E-state index < -0.39 is 0 Å².